The molecule has 0 radical (unpaired) electrons. The van der Waals surface area contributed by atoms with Crippen LogP contribution in [0, 0.1) is 0 Å². The van der Waals surface area contributed by atoms with Crippen LogP contribution in [0.3, 0.4) is 0 Å². The fourth-order valence-electron chi connectivity index (χ4n) is 3.94. The maximum absolute atomic E-state index is 13.6. The number of carbonyl (C=O) groups excluding carboxylic acids is 1. The Labute approximate surface area is 206 Å². The zero-order valence-electron chi connectivity index (χ0n) is 19.8. The average molecular weight is 491 g/mol. The van der Waals surface area contributed by atoms with Crippen LogP contribution >= 0.6 is 11.3 Å². The fourth-order valence-corrected chi connectivity index (χ4v) is 4.98. The van der Waals surface area contributed by atoms with Crippen molar-refractivity contribution in [2.24, 2.45) is 4.99 Å². The average Bonchev–Trinajstić information content (AvgIpc) is 3.17. The molecule has 3 aromatic rings. The van der Waals surface area contributed by atoms with Gasteiger partial charge in [-0.25, -0.2) is 9.79 Å². The van der Waals surface area contributed by atoms with Crippen LogP contribution in [0.2, 0.25) is 0 Å². The molecular weight excluding hydrogens is 464 g/mol. The van der Waals surface area contributed by atoms with Gasteiger partial charge >= 0.3 is 5.97 Å². The number of thiazole rings is 1. The van der Waals surface area contributed by atoms with Crippen molar-refractivity contribution in [3.8, 4) is 11.5 Å². The molecule has 1 unspecified atom stereocenters. The molecule has 1 aromatic heterocycles. The third-order valence-electron chi connectivity index (χ3n) is 5.47. The Bertz CT molecular complexity index is 1470. The molecule has 0 bridgehead atoms. The van der Waals surface area contributed by atoms with Gasteiger partial charge in [-0.2, -0.15) is 0 Å². The molecule has 1 aliphatic heterocycles. The van der Waals surface area contributed by atoms with Crippen molar-refractivity contribution in [2.75, 3.05) is 20.3 Å². The summed E-state index contributed by atoms with van der Waals surface area (Å²) in [7, 11) is 1.56. The largest absolute Gasteiger partial charge is 0.493 e. The summed E-state index contributed by atoms with van der Waals surface area (Å²) in [5.74, 6) is 0.664. The molecule has 35 heavy (non-hydrogen) atoms. The first kappa shape index (κ1) is 24.2. The number of benzene rings is 2. The number of allylic oxidation sites excluding steroid dienone is 1. The van der Waals surface area contributed by atoms with Gasteiger partial charge in [-0.05, 0) is 43.2 Å². The van der Waals surface area contributed by atoms with Crippen LogP contribution < -0.4 is 24.4 Å². The molecule has 7 nitrogen and oxygen atoms in total. The van der Waals surface area contributed by atoms with E-state index in [0.717, 1.165) is 11.1 Å². The van der Waals surface area contributed by atoms with E-state index in [1.165, 1.54) is 11.3 Å². The molecular formula is C27H26N2O5S. The van der Waals surface area contributed by atoms with Crippen LogP contribution in [0.15, 0.2) is 82.2 Å². The number of fused-ring (bicyclic) bond motifs is 1. The summed E-state index contributed by atoms with van der Waals surface area (Å²) < 4.78 is 18.4. The summed E-state index contributed by atoms with van der Waals surface area (Å²) in [5, 5.41) is 0. The van der Waals surface area contributed by atoms with Gasteiger partial charge in [-0.15, -0.1) is 0 Å². The molecule has 180 valence electrons. The first-order valence-electron chi connectivity index (χ1n) is 11.1. The lowest BCUT2D eigenvalue weighted by molar-refractivity contribution is -0.139. The zero-order chi connectivity index (χ0) is 24.9. The highest BCUT2D eigenvalue weighted by molar-refractivity contribution is 7.07. The van der Waals surface area contributed by atoms with E-state index in [9.17, 15) is 9.59 Å². The SMILES string of the molecule is C=CCOc1ccc(C=c2sc3n(c2=O)C(c2ccccc2)C(C(=O)OCC)=C(C)N=3)cc1OC. The fraction of sp³-hybridized carbons (Fsp3) is 0.222. The summed E-state index contributed by atoms with van der Waals surface area (Å²) >= 11 is 1.27. The number of aromatic nitrogens is 1. The van der Waals surface area contributed by atoms with Crippen LogP contribution in [0.1, 0.15) is 31.0 Å². The lowest BCUT2D eigenvalue weighted by atomic mass is 9.96. The van der Waals surface area contributed by atoms with Crippen molar-refractivity contribution in [1.29, 1.82) is 0 Å². The number of rotatable bonds is 8. The number of carbonyl (C=O) groups is 1. The highest BCUT2D eigenvalue weighted by Crippen LogP contribution is 2.31. The molecule has 1 aliphatic rings. The third-order valence-corrected chi connectivity index (χ3v) is 6.46. The van der Waals surface area contributed by atoms with Gasteiger partial charge in [0.2, 0.25) is 0 Å². The van der Waals surface area contributed by atoms with E-state index >= 15 is 0 Å². The lowest BCUT2D eigenvalue weighted by Gasteiger charge is -2.24. The molecule has 2 aromatic carbocycles. The summed E-state index contributed by atoms with van der Waals surface area (Å²) in [6.45, 7) is 7.77. The monoisotopic (exact) mass is 490 g/mol. The van der Waals surface area contributed by atoms with Gasteiger partial charge in [0.25, 0.3) is 5.56 Å². The molecule has 0 aliphatic carbocycles. The van der Waals surface area contributed by atoms with Gasteiger partial charge in [-0.3, -0.25) is 9.36 Å². The summed E-state index contributed by atoms with van der Waals surface area (Å²) in [6, 6.07) is 14.3. The van der Waals surface area contributed by atoms with E-state index in [1.54, 1.807) is 49.8 Å². The number of nitrogens with zero attached hydrogens (tertiary/aromatic N) is 2. The minimum absolute atomic E-state index is 0.232. The van der Waals surface area contributed by atoms with Gasteiger partial charge < -0.3 is 14.2 Å². The highest BCUT2D eigenvalue weighted by Gasteiger charge is 2.33. The Hall–Kier alpha value is -3.91. The number of methoxy groups -OCH3 is 1. The van der Waals surface area contributed by atoms with E-state index in [-0.39, 0.29) is 12.2 Å². The van der Waals surface area contributed by atoms with Crippen LogP contribution in [0.4, 0.5) is 0 Å². The van der Waals surface area contributed by atoms with Crippen LogP contribution in [0.5, 0.6) is 11.5 Å². The summed E-state index contributed by atoms with van der Waals surface area (Å²) in [4.78, 5) is 31.7. The topological polar surface area (TPSA) is 79.1 Å². The van der Waals surface area contributed by atoms with Gasteiger partial charge in [0.05, 0.1) is 35.6 Å². The molecule has 4 rings (SSSR count). The first-order chi connectivity index (χ1) is 17.0. The van der Waals surface area contributed by atoms with E-state index < -0.39 is 12.0 Å². The molecule has 0 amide bonds. The molecule has 0 saturated heterocycles. The number of hydrogen-bond acceptors (Lipinski definition) is 7. The maximum Gasteiger partial charge on any atom is 0.338 e. The van der Waals surface area contributed by atoms with Crippen LogP contribution in [-0.2, 0) is 9.53 Å². The molecule has 2 heterocycles. The molecule has 0 saturated carbocycles. The van der Waals surface area contributed by atoms with E-state index in [2.05, 4.69) is 11.6 Å². The van der Waals surface area contributed by atoms with Crippen molar-refractivity contribution in [3.63, 3.8) is 0 Å². The molecule has 1 atom stereocenters. The van der Waals surface area contributed by atoms with E-state index in [1.807, 2.05) is 36.4 Å². The summed E-state index contributed by atoms with van der Waals surface area (Å²) in [6.07, 6.45) is 3.44. The Balaban J connectivity index is 1.86. The van der Waals surface area contributed by atoms with Gasteiger partial charge in [0.1, 0.15) is 6.61 Å². The second-order valence-corrected chi connectivity index (χ2v) is 8.73. The van der Waals surface area contributed by atoms with Crippen molar-refractivity contribution in [2.45, 2.75) is 19.9 Å². The second kappa shape index (κ2) is 10.6. The molecule has 0 spiro atoms. The third kappa shape index (κ3) is 4.83. The van der Waals surface area contributed by atoms with Crippen LogP contribution in [-0.4, -0.2) is 30.9 Å². The predicted octanol–water partition coefficient (Wildman–Crippen LogP) is 3.37. The van der Waals surface area contributed by atoms with Gasteiger partial charge in [-0.1, -0.05) is 60.4 Å². The Kier molecular flexibility index (Phi) is 7.31. The zero-order valence-corrected chi connectivity index (χ0v) is 20.6. The van der Waals surface area contributed by atoms with Crippen molar-refractivity contribution >= 4 is 23.4 Å². The highest BCUT2D eigenvalue weighted by atomic mass is 32.1. The number of esters is 1. The second-order valence-electron chi connectivity index (χ2n) is 7.72. The number of hydrogen-bond donors (Lipinski definition) is 0. The smallest absolute Gasteiger partial charge is 0.338 e. The Morgan fingerprint density at radius 2 is 1.97 bits per heavy atom. The molecule has 0 fully saturated rings. The van der Waals surface area contributed by atoms with Crippen molar-refractivity contribution in [3.05, 3.63) is 103 Å². The van der Waals surface area contributed by atoms with E-state index in [0.29, 0.717) is 38.7 Å². The molecule has 0 N–H and O–H groups in total. The number of ether oxygens (including phenoxy) is 3. The lowest BCUT2D eigenvalue weighted by Crippen LogP contribution is -2.39. The standard InChI is InChI=1S/C27H26N2O5S/c1-5-14-34-20-13-12-18(15-21(20)32-4)16-22-25(30)29-24(19-10-8-7-9-11-19)23(26(31)33-6-2)17(3)28-27(29)35-22/h5,7-13,15-16,24H,1,6,14H2,2-4H3. The predicted molar refractivity (Wildman–Crippen MR) is 136 cm³/mol. The van der Waals surface area contributed by atoms with Crippen molar-refractivity contribution < 1.29 is 19.0 Å². The first-order valence-corrected chi connectivity index (χ1v) is 12.0. The van der Waals surface area contributed by atoms with E-state index in [4.69, 9.17) is 14.2 Å². The van der Waals surface area contributed by atoms with Gasteiger partial charge in [0.15, 0.2) is 16.3 Å². The van der Waals surface area contributed by atoms with Gasteiger partial charge in [0, 0.05) is 0 Å². The minimum atomic E-state index is -0.627. The maximum atomic E-state index is 13.6. The molecule has 8 heteroatoms. The quantitative estimate of drug-likeness (QED) is 0.357. The normalized spacial score (nSPS) is 15.3. The van der Waals surface area contributed by atoms with Crippen molar-refractivity contribution in [1.82, 2.24) is 4.57 Å². The summed E-state index contributed by atoms with van der Waals surface area (Å²) in [5.41, 5.74) is 2.25. The van der Waals surface area contributed by atoms with Crippen LogP contribution in [0.25, 0.3) is 6.08 Å². The Morgan fingerprint density at radius 1 is 1.20 bits per heavy atom. The minimum Gasteiger partial charge on any atom is -0.493 e. The Morgan fingerprint density at radius 3 is 2.66 bits per heavy atom.